The molecule has 3 aromatic rings. The average molecular weight is 237 g/mol. The van der Waals surface area contributed by atoms with Crippen molar-refractivity contribution in [2.24, 2.45) is 7.05 Å². The number of rotatable bonds is 1. The molecule has 3 heterocycles. The Labute approximate surface area is 107 Å². The Hall–Kier alpha value is -2.09. The van der Waals surface area contributed by atoms with Crippen molar-refractivity contribution in [1.29, 1.82) is 0 Å². The highest BCUT2D eigenvalue weighted by Gasteiger charge is 2.17. The molecule has 0 aliphatic heterocycles. The van der Waals surface area contributed by atoms with Gasteiger partial charge in [0.05, 0.1) is 11.1 Å². The van der Waals surface area contributed by atoms with Crippen molar-refractivity contribution >= 4 is 5.52 Å². The zero-order valence-corrected chi connectivity index (χ0v) is 11.0. The van der Waals surface area contributed by atoms with Gasteiger partial charge in [-0.3, -0.25) is 0 Å². The normalized spacial score (nSPS) is 11.1. The van der Waals surface area contributed by atoms with Gasteiger partial charge >= 0.3 is 0 Å². The van der Waals surface area contributed by atoms with Gasteiger partial charge in [-0.05, 0) is 37.1 Å². The molecule has 0 aliphatic carbocycles. The van der Waals surface area contributed by atoms with Crippen molar-refractivity contribution in [3.8, 4) is 11.3 Å². The number of aromatic nitrogens is 2. The van der Waals surface area contributed by atoms with Crippen molar-refractivity contribution < 1.29 is 4.57 Å². The third kappa shape index (κ3) is 1.53. The first-order chi connectivity index (χ1) is 8.68. The Balaban J connectivity index is 2.43. The maximum atomic E-state index is 2.22. The molecule has 0 spiro atoms. The summed E-state index contributed by atoms with van der Waals surface area (Å²) < 4.78 is 4.39. The van der Waals surface area contributed by atoms with Crippen LogP contribution in [0.4, 0.5) is 0 Å². The van der Waals surface area contributed by atoms with E-state index in [9.17, 15) is 0 Å². The minimum absolute atomic E-state index is 1.26. The molecular formula is C16H17N2+. The van der Waals surface area contributed by atoms with E-state index >= 15 is 0 Å². The topological polar surface area (TPSA) is 8.29 Å². The van der Waals surface area contributed by atoms with E-state index < -0.39 is 0 Å². The molecule has 0 amide bonds. The Morgan fingerprint density at radius 1 is 1.00 bits per heavy atom. The Kier molecular flexibility index (Phi) is 2.44. The molecule has 3 rings (SSSR count). The van der Waals surface area contributed by atoms with E-state index in [4.69, 9.17) is 0 Å². The molecule has 0 saturated heterocycles. The number of hydrogen-bond acceptors (Lipinski definition) is 0. The molecule has 2 nitrogen and oxygen atoms in total. The van der Waals surface area contributed by atoms with Gasteiger partial charge in [0, 0.05) is 24.5 Å². The third-order valence-corrected chi connectivity index (χ3v) is 3.50. The first kappa shape index (κ1) is 11.0. The van der Waals surface area contributed by atoms with Gasteiger partial charge in [-0.25, -0.2) is 4.57 Å². The molecule has 0 radical (unpaired) electrons. The summed E-state index contributed by atoms with van der Waals surface area (Å²) in [6, 6.07) is 10.6. The number of fused-ring (bicyclic) bond motifs is 1. The molecular weight excluding hydrogens is 220 g/mol. The monoisotopic (exact) mass is 237 g/mol. The van der Waals surface area contributed by atoms with Crippen LogP contribution < -0.4 is 4.57 Å². The van der Waals surface area contributed by atoms with Gasteiger partial charge in [-0.1, -0.05) is 6.07 Å². The van der Waals surface area contributed by atoms with Gasteiger partial charge in [0.15, 0.2) is 6.20 Å². The van der Waals surface area contributed by atoms with Gasteiger partial charge in [-0.2, -0.15) is 0 Å². The molecule has 0 unspecified atom stereocenters. The van der Waals surface area contributed by atoms with Crippen LogP contribution in [-0.4, -0.2) is 4.40 Å². The summed E-state index contributed by atoms with van der Waals surface area (Å²) in [7, 11) is 2.09. The fraction of sp³-hybridized carbons (Fsp3) is 0.188. The van der Waals surface area contributed by atoms with Crippen molar-refractivity contribution in [2.45, 2.75) is 13.8 Å². The van der Waals surface area contributed by atoms with Crippen LogP contribution in [0.3, 0.4) is 0 Å². The van der Waals surface area contributed by atoms with Crippen LogP contribution in [0.1, 0.15) is 11.1 Å². The van der Waals surface area contributed by atoms with E-state index in [1.807, 2.05) is 0 Å². The van der Waals surface area contributed by atoms with E-state index in [1.165, 1.54) is 27.9 Å². The Morgan fingerprint density at radius 2 is 1.83 bits per heavy atom. The number of nitrogens with zero attached hydrogens (tertiary/aromatic N) is 2. The summed E-state index contributed by atoms with van der Waals surface area (Å²) in [6.45, 7) is 4.34. The van der Waals surface area contributed by atoms with E-state index in [-0.39, 0.29) is 0 Å². The van der Waals surface area contributed by atoms with Crippen molar-refractivity contribution in [1.82, 2.24) is 4.40 Å². The summed E-state index contributed by atoms with van der Waals surface area (Å²) in [5.41, 5.74) is 6.51. The fourth-order valence-corrected chi connectivity index (χ4v) is 2.64. The fourth-order valence-electron chi connectivity index (χ4n) is 2.64. The molecule has 2 heteroatoms. The van der Waals surface area contributed by atoms with Crippen LogP contribution >= 0.6 is 0 Å². The Bertz CT molecular complexity index is 723. The molecule has 0 saturated carbocycles. The molecule has 0 bridgehead atoms. The molecule has 0 N–H and O–H groups in total. The molecule has 0 aliphatic rings. The molecule has 90 valence electrons. The number of hydrogen-bond donors (Lipinski definition) is 0. The molecule has 3 aromatic heterocycles. The van der Waals surface area contributed by atoms with Crippen molar-refractivity contribution in [3.05, 3.63) is 60.0 Å². The molecule has 18 heavy (non-hydrogen) atoms. The lowest BCUT2D eigenvalue weighted by Crippen LogP contribution is -2.30. The van der Waals surface area contributed by atoms with Gasteiger partial charge < -0.3 is 4.40 Å². The highest BCUT2D eigenvalue weighted by molar-refractivity contribution is 5.83. The van der Waals surface area contributed by atoms with Gasteiger partial charge in [-0.15, -0.1) is 0 Å². The predicted molar refractivity (Wildman–Crippen MR) is 73.5 cm³/mol. The summed E-state index contributed by atoms with van der Waals surface area (Å²) in [5.74, 6) is 0. The second kappa shape index (κ2) is 3.98. The van der Waals surface area contributed by atoms with Crippen LogP contribution in [0.2, 0.25) is 0 Å². The summed E-state index contributed by atoms with van der Waals surface area (Å²) in [5, 5.41) is 0. The SMILES string of the molecule is Cc1cn2cccc(C)c2c1-c1cccc[n+]1C. The zero-order chi connectivity index (χ0) is 12.7. The van der Waals surface area contributed by atoms with Crippen LogP contribution in [0.15, 0.2) is 48.9 Å². The number of aryl methyl sites for hydroxylation is 3. The third-order valence-electron chi connectivity index (χ3n) is 3.50. The molecule has 0 fully saturated rings. The highest BCUT2D eigenvalue weighted by Crippen LogP contribution is 2.29. The minimum Gasteiger partial charge on any atom is -0.322 e. The lowest BCUT2D eigenvalue weighted by molar-refractivity contribution is -0.660. The average Bonchev–Trinajstić information content (AvgIpc) is 2.68. The summed E-state index contributed by atoms with van der Waals surface area (Å²) in [6.07, 6.45) is 6.41. The lowest BCUT2D eigenvalue weighted by Gasteiger charge is -2.03. The minimum atomic E-state index is 1.26. The smallest absolute Gasteiger partial charge is 0.214 e. The van der Waals surface area contributed by atoms with Crippen molar-refractivity contribution in [3.63, 3.8) is 0 Å². The van der Waals surface area contributed by atoms with Crippen LogP contribution in [-0.2, 0) is 7.05 Å². The van der Waals surface area contributed by atoms with E-state index in [0.29, 0.717) is 0 Å². The summed E-state index contributed by atoms with van der Waals surface area (Å²) >= 11 is 0. The van der Waals surface area contributed by atoms with Crippen molar-refractivity contribution in [2.75, 3.05) is 0 Å². The first-order valence-corrected chi connectivity index (χ1v) is 6.20. The quantitative estimate of drug-likeness (QED) is 0.575. The van der Waals surface area contributed by atoms with Crippen LogP contribution in [0.25, 0.3) is 16.8 Å². The van der Waals surface area contributed by atoms with Gasteiger partial charge in [0.1, 0.15) is 7.05 Å². The van der Waals surface area contributed by atoms with Crippen LogP contribution in [0.5, 0.6) is 0 Å². The van der Waals surface area contributed by atoms with E-state index in [0.717, 1.165) is 0 Å². The maximum absolute atomic E-state index is 2.22. The molecule has 0 atom stereocenters. The largest absolute Gasteiger partial charge is 0.322 e. The van der Waals surface area contributed by atoms with Crippen LogP contribution in [0, 0.1) is 13.8 Å². The maximum Gasteiger partial charge on any atom is 0.214 e. The lowest BCUT2D eigenvalue weighted by atomic mass is 10.1. The van der Waals surface area contributed by atoms with E-state index in [2.05, 4.69) is 78.8 Å². The summed E-state index contributed by atoms with van der Waals surface area (Å²) in [4.78, 5) is 0. The van der Waals surface area contributed by atoms with Gasteiger partial charge in [0.25, 0.3) is 0 Å². The Morgan fingerprint density at radius 3 is 2.61 bits per heavy atom. The number of pyridine rings is 2. The standard InChI is InChI=1S/C16H17N2/c1-12-7-6-10-18-11-13(2)15(16(12)18)14-8-4-5-9-17(14)3/h4-11H,1-3H3/q+1. The highest BCUT2D eigenvalue weighted by atomic mass is 14.9. The predicted octanol–water partition coefficient (Wildman–Crippen LogP) is 3.05. The zero-order valence-electron chi connectivity index (χ0n) is 11.0. The van der Waals surface area contributed by atoms with Gasteiger partial charge in [0.2, 0.25) is 5.69 Å². The van der Waals surface area contributed by atoms with E-state index in [1.54, 1.807) is 0 Å². The molecule has 0 aromatic carbocycles. The second-order valence-corrected chi connectivity index (χ2v) is 4.83. The second-order valence-electron chi connectivity index (χ2n) is 4.83. The first-order valence-electron chi connectivity index (χ1n) is 6.20.